The zero-order chi connectivity index (χ0) is 27.4. The molecule has 0 heterocycles. The van der Waals surface area contributed by atoms with Crippen LogP contribution in [0.4, 0.5) is 0 Å². The molecular formula is C30H38O6. The fourth-order valence-corrected chi connectivity index (χ4v) is 2.82. The van der Waals surface area contributed by atoms with E-state index in [4.69, 9.17) is 19.6 Å². The average Bonchev–Trinajstić information content (AvgIpc) is 2.79. The molecular weight excluding hydrogens is 456 g/mol. The Morgan fingerprint density at radius 2 is 0.806 bits per heavy atom. The summed E-state index contributed by atoms with van der Waals surface area (Å²) in [6, 6.07) is 13.4. The lowest BCUT2D eigenvalue weighted by Crippen LogP contribution is -2.26. The molecule has 0 aliphatic heterocycles. The Morgan fingerprint density at radius 3 is 1.06 bits per heavy atom. The molecule has 0 fully saturated rings. The molecule has 194 valence electrons. The van der Waals surface area contributed by atoms with Crippen molar-refractivity contribution in [3.05, 3.63) is 59.7 Å². The number of rotatable bonds is 8. The van der Waals surface area contributed by atoms with Crippen molar-refractivity contribution in [1.82, 2.24) is 0 Å². The highest BCUT2D eigenvalue weighted by Crippen LogP contribution is 2.27. The van der Waals surface area contributed by atoms with Gasteiger partial charge < -0.3 is 9.78 Å². The van der Waals surface area contributed by atoms with Crippen LogP contribution in [0.25, 0.3) is 0 Å². The van der Waals surface area contributed by atoms with Gasteiger partial charge in [0.05, 0.1) is 10.8 Å². The quantitative estimate of drug-likeness (QED) is 0.170. The van der Waals surface area contributed by atoms with Crippen LogP contribution in [0.1, 0.15) is 90.0 Å². The van der Waals surface area contributed by atoms with Gasteiger partial charge in [-0.3, -0.25) is 9.59 Å². The monoisotopic (exact) mass is 494 g/mol. The molecule has 2 rings (SSSR count). The van der Waals surface area contributed by atoms with Crippen molar-refractivity contribution in [3.8, 4) is 23.3 Å². The van der Waals surface area contributed by atoms with Crippen LogP contribution < -0.4 is 9.78 Å². The molecule has 6 nitrogen and oxygen atoms in total. The average molecular weight is 495 g/mol. The number of hydrogen-bond donors (Lipinski definition) is 0. The Balaban J connectivity index is 2.11. The Kier molecular flexibility index (Phi) is 8.78. The van der Waals surface area contributed by atoms with Gasteiger partial charge in [-0.2, -0.15) is 9.78 Å². The van der Waals surface area contributed by atoms with Crippen LogP contribution in [0.15, 0.2) is 48.5 Å². The van der Waals surface area contributed by atoms with E-state index >= 15 is 0 Å². The Labute approximate surface area is 215 Å². The highest BCUT2D eigenvalue weighted by Gasteiger charge is 2.30. The largest absolute Gasteiger partial charge is 0.337 e. The third kappa shape index (κ3) is 8.82. The second kappa shape index (κ2) is 10.9. The van der Waals surface area contributed by atoms with Crippen molar-refractivity contribution in [1.29, 1.82) is 0 Å². The van der Waals surface area contributed by atoms with Gasteiger partial charge in [-0.05, 0) is 118 Å². The lowest BCUT2D eigenvalue weighted by atomic mass is 9.80. The molecule has 0 aliphatic carbocycles. The SMILES string of the molecule is CC(C)(C)OOc1ccc(C(=O)C(C)(C)C#CC(C)(C)C(=O)c2ccc(OOC(C)(C)C)cc2)cc1. The molecule has 6 heteroatoms. The van der Waals surface area contributed by atoms with Crippen molar-refractivity contribution in [2.45, 2.75) is 80.4 Å². The fraction of sp³-hybridized carbons (Fsp3) is 0.467. The van der Waals surface area contributed by atoms with Crippen LogP contribution in [0.2, 0.25) is 0 Å². The highest BCUT2D eigenvalue weighted by atomic mass is 17.2. The summed E-state index contributed by atoms with van der Waals surface area (Å²) in [6.45, 7) is 18.3. The molecule has 36 heavy (non-hydrogen) atoms. The molecule has 0 saturated carbocycles. The van der Waals surface area contributed by atoms with Gasteiger partial charge in [0.15, 0.2) is 23.1 Å². The highest BCUT2D eigenvalue weighted by molar-refractivity contribution is 6.04. The molecule has 0 unspecified atom stereocenters. The van der Waals surface area contributed by atoms with Crippen LogP contribution in [0.5, 0.6) is 11.5 Å². The standard InChI is InChI=1S/C30H38O6/c1-27(2,3)35-33-23-15-11-21(12-16-23)25(31)29(7,8)19-20-30(9,10)26(32)22-13-17-24(18-14-22)34-36-28(4,5)6/h11-18H,1-10H3. The number of ketones is 2. The van der Waals surface area contributed by atoms with Crippen molar-refractivity contribution in [3.63, 3.8) is 0 Å². The molecule has 0 saturated heterocycles. The Morgan fingerprint density at radius 1 is 0.528 bits per heavy atom. The predicted octanol–water partition coefficient (Wildman–Crippen LogP) is 7.03. The number of carbonyl (C=O) groups is 2. The van der Waals surface area contributed by atoms with E-state index in [1.807, 2.05) is 41.5 Å². The van der Waals surface area contributed by atoms with Crippen molar-refractivity contribution in [2.24, 2.45) is 10.8 Å². The van der Waals surface area contributed by atoms with Gasteiger partial charge in [-0.1, -0.05) is 11.8 Å². The third-order valence-electron chi connectivity index (χ3n) is 4.83. The smallest absolute Gasteiger partial charge is 0.180 e. The van der Waals surface area contributed by atoms with Crippen molar-refractivity contribution in [2.75, 3.05) is 0 Å². The molecule has 0 spiro atoms. The molecule has 2 aromatic rings. The van der Waals surface area contributed by atoms with E-state index in [0.29, 0.717) is 22.6 Å². The Bertz CT molecular complexity index is 1030. The predicted molar refractivity (Wildman–Crippen MR) is 140 cm³/mol. The van der Waals surface area contributed by atoms with Gasteiger partial charge in [-0.15, -0.1) is 0 Å². The first-order chi connectivity index (χ1) is 16.4. The zero-order valence-electron chi connectivity index (χ0n) is 23.1. The third-order valence-corrected chi connectivity index (χ3v) is 4.83. The number of carbonyl (C=O) groups excluding carboxylic acids is 2. The van der Waals surface area contributed by atoms with Gasteiger partial charge in [0.25, 0.3) is 0 Å². The molecule has 0 atom stereocenters. The van der Waals surface area contributed by atoms with Gasteiger partial charge in [0.2, 0.25) is 0 Å². The second-order valence-corrected chi connectivity index (χ2v) is 11.8. The topological polar surface area (TPSA) is 71.1 Å². The first-order valence-corrected chi connectivity index (χ1v) is 12.0. The molecule has 0 radical (unpaired) electrons. The Hall–Kier alpha value is -3.14. The molecule has 0 amide bonds. The summed E-state index contributed by atoms with van der Waals surface area (Å²) in [5.74, 6) is 6.77. The van der Waals surface area contributed by atoms with E-state index in [9.17, 15) is 9.59 Å². The summed E-state index contributed by atoms with van der Waals surface area (Å²) in [7, 11) is 0. The van der Waals surface area contributed by atoms with Crippen molar-refractivity contribution < 1.29 is 29.1 Å². The van der Waals surface area contributed by atoms with E-state index in [1.54, 1.807) is 76.2 Å². The fourth-order valence-electron chi connectivity index (χ4n) is 2.82. The summed E-state index contributed by atoms with van der Waals surface area (Å²) in [5.41, 5.74) is -1.91. The summed E-state index contributed by atoms with van der Waals surface area (Å²) in [5, 5.41) is 0. The molecule has 0 N–H and O–H groups in total. The minimum atomic E-state index is -0.996. The van der Waals surface area contributed by atoms with E-state index in [1.165, 1.54) is 0 Å². The van der Waals surface area contributed by atoms with Gasteiger partial charge >= 0.3 is 0 Å². The van der Waals surface area contributed by atoms with Gasteiger partial charge in [0, 0.05) is 11.1 Å². The number of Topliss-reactive ketones (excluding diaryl/α,β-unsaturated/α-hetero) is 2. The number of benzene rings is 2. The van der Waals surface area contributed by atoms with E-state index < -0.39 is 22.0 Å². The lowest BCUT2D eigenvalue weighted by molar-refractivity contribution is -0.274. The maximum absolute atomic E-state index is 13.1. The molecule has 0 aliphatic rings. The van der Waals surface area contributed by atoms with E-state index in [0.717, 1.165) is 0 Å². The van der Waals surface area contributed by atoms with E-state index in [2.05, 4.69) is 11.8 Å². The van der Waals surface area contributed by atoms with Crippen LogP contribution in [-0.2, 0) is 9.78 Å². The minimum absolute atomic E-state index is 0.151. The van der Waals surface area contributed by atoms with Gasteiger partial charge in [-0.25, -0.2) is 0 Å². The first-order valence-electron chi connectivity index (χ1n) is 12.0. The van der Waals surface area contributed by atoms with Crippen molar-refractivity contribution >= 4 is 11.6 Å². The van der Waals surface area contributed by atoms with Crippen LogP contribution in [0, 0.1) is 22.7 Å². The maximum Gasteiger partial charge on any atom is 0.180 e. The maximum atomic E-state index is 13.1. The number of hydrogen-bond acceptors (Lipinski definition) is 6. The molecule has 0 aromatic heterocycles. The van der Waals surface area contributed by atoms with Crippen LogP contribution >= 0.6 is 0 Å². The van der Waals surface area contributed by atoms with Crippen LogP contribution in [-0.4, -0.2) is 22.8 Å². The minimum Gasteiger partial charge on any atom is -0.337 e. The summed E-state index contributed by atoms with van der Waals surface area (Å²) < 4.78 is 0. The normalized spacial score (nSPS) is 12.4. The van der Waals surface area contributed by atoms with Gasteiger partial charge in [0.1, 0.15) is 11.2 Å². The molecule has 0 bridgehead atoms. The second-order valence-electron chi connectivity index (χ2n) is 11.8. The summed E-state index contributed by atoms with van der Waals surface area (Å²) >= 11 is 0. The summed E-state index contributed by atoms with van der Waals surface area (Å²) in [4.78, 5) is 47.5. The van der Waals surface area contributed by atoms with Crippen LogP contribution in [0.3, 0.4) is 0 Å². The van der Waals surface area contributed by atoms with E-state index in [-0.39, 0.29) is 11.6 Å². The lowest BCUT2D eigenvalue weighted by Gasteiger charge is -2.21. The first kappa shape index (κ1) is 29.1. The molecule has 2 aromatic carbocycles. The summed E-state index contributed by atoms with van der Waals surface area (Å²) in [6.07, 6.45) is 0. The zero-order valence-corrected chi connectivity index (χ0v) is 23.1.